The maximum atomic E-state index is 13.2. The highest BCUT2D eigenvalue weighted by Gasteiger charge is 2.27. The first-order chi connectivity index (χ1) is 16.9. The summed E-state index contributed by atoms with van der Waals surface area (Å²) in [6.45, 7) is 7.55. The third-order valence-corrected chi connectivity index (χ3v) is 7.68. The fraction of sp³-hybridized carbons (Fsp3) is 0.586. The van der Waals surface area contributed by atoms with Gasteiger partial charge in [-0.25, -0.2) is 4.79 Å². The first-order valence-corrected chi connectivity index (χ1v) is 14.1. The molecule has 0 radical (unpaired) electrons. The van der Waals surface area contributed by atoms with Crippen molar-refractivity contribution in [3.05, 3.63) is 45.8 Å². The van der Waals surface area contributed by atoms with Gasteiger partial charge in [0.2, 0.25) is 0 Å². The molecule has 0 fully saturated rings. The molecule has 0 spiro atoms. The van der Waals surface area contributed by atoms with Crippen LogP contribution in [-0.2, 0) is 28.8 Å². The Hall–Kier alpha value is -2.34. The van der Waals surface area contributed by atoms with Crippen LogP contribution in [0.4, 0.5) is 5.00 Å². The average Bonchev–Trinajstić information content (AvgIpc) is 3.15. The van der Waals surface area contributed by atoms with Gasteiger partial charge < -0.3 is 14.8 Å². The summed E-state index contributed by atoms with van der Waals surface area (Å²) in [7, 11) is 0. The summed E-state index contributed by atoms with van der Waals surface area (Å²) < 4.78 is 11.5. The number of anilines is 1. The molecule has 0 bridgehead atoms. The molecule has 35 heavy (non-hydrogen) atoms. The summed E-state index contributed by atoms with van der Waals surface area (Å²) in [6, 6.07) is 7.80. The molecule has 1 heterocycles. The molecular weight excluding hydrogens is 458 g/mol. The predicted octanol–water partition coefficient (Wildman–Crippen LogP) is 7.50. The van der Waals surface area contributed by atoms with Gasteiger partial charge in [-0.05, 0) is 76.1 Å². The molecule has 0 unspecified atom stereocenters. The minimum Gasteiger partial charge on any atom is -0.481 e. The average molecular weight is 500 g/mol. The lowest BCUT2D eigenvalue weighted by Gasteiger charge is -2.16. The molecule has 1 aliphatic rings. The van der Waals surface area contributed by atoms with Crippen molar-refractivity contribution in [1.29, 1.82) is 0 Å². The van der Waals surface area contributed by atoms with Crippen LogP contribution in [0.15, 0.2) is 24.3 Å². The molecule has 6 heteroatoms. The van der Waals surface area contributed by atoms with Crippen molar-refractivity contribution in [3.8, 4) is 5.75 Å². The minimum atomic E-state index is -0.695. The summed E-state index contributed by atoms with van der Waals surface area (Å²) in [5.41, 5.74) is 2.83. The molecule has 2 aromatic rings. The standard InChI is InChI=1S/C29H41NO4S/c1-5-22-16-18-23(19-17-22)34-21(4)27(31)30-28-26(29(32)33-20(2)3)24-14-12-10-8-6-7-9-11-13-15-25(24)35-28/h16-21H,5-15H2,1-4H3,(H,30,31)/t21-/m1/s1. The summed E-state index contributed by atoms with van der Waals surface area (Å²) in [4.78, 5) is 27.5. The zero-order valence-electron chi connectivity index (χ0n) is 21.8. The van der Waals surface area contributed by atoms with E-state index in [9.17, 15) is 9.59 Å². The maximum absolute atomic E-state index is 13.2. The van der Waals surface area contributed by atoms with Crippen LogP contribution in [0.1, 0.15) is 105 Å². The Morgan fingerprint density at radius 2 is 1.51 bits per heavy atom. The largest absolute Gasteiger partial charge is 0.481 e. The number of carbonyl (C=O) groups is 2. The van der Waals surface area contributed by atoms with Crippen LogP contribution in [0.25, 0.3) is 0 Å². The zero-order chi connectivity index (χ0) is 25.2. The molecule has 0 aliphatic heterocycles. The summed E-state index contributed by atoms with van der Waals surface area (Å²) >= 11 is 1.54. The van der Waals surface area contributed by atoms with E-state index in [4.69, 9.17) is 9.47 Å². The van der Waals surface area contributed by atoms with E-state index in [1.165, 1.54) is 53.9 Å². The quantitative estimate of drug-likeness (QED) is 0.401. The lowest BCUT2D eigenvalue weighted by Crippen LogP contribution is -2.30. The number of amides is 1. The Labute approximate surface area is 214 Å². The lowest BCUT2D eigenvalue weighted by atomic mass is 9.97. The predicted molar refractivity (Wildman–Crippen MR) is 144 cm³/mol. The van der Waals surface area contributed by atoms with Crippen LogP contribution < -0.4 is 10.1 Å². The summed E-state index contributed by atoms with van der Waals surface area (Å²) in [6.07, 6.45) is 11.4. The van der Waals surface area contributed by atoms with Gasteiger partial charge in [0, 0.05) is 4.88 Å². The van der Waals surface area contributed by atoms with Crippen LogP contribution in [-0.4, -0.2) is 24.1 Å². The Kier molecular flexibility index (Phi) is 10.6. The molecule has 0 saturated carbocycles. The van der Waals surface area contributed by atoms with Crippen LogP contribution in [0.3, 0.4) is 0 Å². The van der Waals surface area contributed by atoms with Crippen LogP contribution in [0.2, 0.25) is 0 Å². The van der Waals surface area contributed by atoms with Crippen LogP contribution >= 0.6 is 11.3 Å². The van der Waals surface area contributed by atoms with Gasteiger partial charge in [-0.3, -0.25) is 4.79 Å². The van der Waals surface area contributed by atoms with Gasteiger partial charge in [-0.15, -0.1) is 11.3 Å². The van der Waals surface area contributed by atoms with E-state index in [1.807, 2.05) is 38.1 Å². The number of esters is 1. The number of rotatable bonds is 7. The Balaban J connectivity index is 1.83. The SMILES string of the molecule is CCc1ccc(O[C@H](C)C(=O)Nc2sc3c(c2C(=O)OC(C)C)CCCCCCCCCC3)cc1. The van der Waals surface area contributed by atoms with E-state index in [0.29, 0.717) is 16.3 Å². The van der Waals surface area contributed by atoms with Gasteiger partial charge in [0.25, 0.3) is 5.91 Å². The van der Waals surface area contributed by atoms with Crippen molar-refractivity contribution in [2.24, 2.45) is 0 Å². The number of carbonyl (C=O) groups excluding carboxylic acids is 2. The van der Waals surface area contributed by atoms with Crippen molar-refractivity contribution in [3.63, 3.8) is 0 Å². The molecule has 5 nitrogen and oxygen atoms in total. The van der Waals surface area contributed by atoms with E-state index >= 15 is 0 Å². The number of thiophene rings is 1. The lowest BCUT2D eigenvalue weighted by molar-refractivity contribution is -0.122. The van der Waals surface area contributed by atoms with Crippen molar-refractivity contribution in [2.45, 2.75) is 111 Å². The molecule has 1 amide bonds. The van der Waals surface area contributed by atoms with Crippen molar-refractivity contribution >= 4 is 28.2 Å². The summed E-state index contributed by atoms with van der Waals surface area (Å²) in [5.74, 6) is 0.0476. The maximum Gasteiger partial charge on any atom is 0.341 e. The van der Waals surface area contributed by atoms with Crippen molar-refractivity contribution < 1.29 is 19.1 Å². The third-order valence-electron chi connectivity index (χ3n) is 6.47. The van der Waals surface area contributed by atoms with Crippen molar-refractivity contribution in [1.82, 2.24) is 0 Å². The first kappa shape index (κ1) is 27.3. The number of ether oxygens (including phenoxy) is 2. The highest BCUT2D eigenvalue weighted by atomic mass is 32.1. The molecule has 1 atom stereocenters. The number of nitrogens with one attached hydrogen (secondary N) is 1. The molecule has 1 N–H and O–H groups in total. The minimum absolute atomic E-state index is 0.221. The molecule has 1 aromatic heterocycles. The van der Waals surface area contributed by atoms with Gasteiger partial charge in [-0.2, -0.15) is 0 Å². The van der Waals surface area contributed by atoms with Crippen LogP contribution in [0, 0.1) is 0 Å². The van der Waals surface area contributed by atoms with Crippen LogP contribution in [0.5, 0.6) is 5.75 Å². The number of hydrogen-bond donors (Lipinski definition) is 1. The smallest absolute Gasteiger partial charge is 0.341 e. The second kappa shape index (κ2) is 13.7. The monoisotopic (exact) mass is 499 g/mol. The number of aryl methyl sites for hydroxylation is 2. The van der Waals surface area contributed by atoms with Gasteiger partial charge in [0.05, 0.1) is 11.7 Å². The fourth-order valence-corrected chi connectivity index (χ4v) is 5.76. The molecule has 0 saturated heterocycles. The topological polar surface area (TPSA) is 64.6 Å². The Morgan fingerprint density at radius 3 is 2.11 bits per heavy atom. The number of benzene rings is 1. The van der Waals surface area contributed by atoms with Gasteiger partial charge in [-0.1, -0.05) is 57.6 Å². The number of fused-ring (bicyclic) bond motifs is 1. The Morgan fingerprint density at radius 1 is 0.914 bits per heavy atom. The van der Waals surface area contributed by atoms with E-state index in [1.54, 1.807) is 6.92 Å². The number of hydrogen-bond acceptors (Lipinski definition) is 5. The molecule has 1 aromatic carbocycles. The third kappa shape index (κ3) is 8.09. The Bertz CT molecular complexity index is 964. The van der Waals surface area contributed by atoms with Gasteiger partial charge >= 0.3 is 5.97 Å². The first-order valence-electron chi connectivity index (χ1n) is 13.3. The molecular formula is C29H41NO4S. The fourth-order valence-electron chi connectivity index (χ4n) is 4.48. The molecule has 192 valence electrons. The van der Waals surface area contributed by atoms with E-state index in [0.717, 1.165) is 44.1 Å². The van der Waals surface area contributed by atoms with E-state index in [2.05, 4.69) is 12.2 Å². The zero-order valence-corrected chi connectivity index (χ0v) is 22.6. The second-order valence-corrected chi connectivity index (χ2v) is 10.8. The summed E-state index contributed by atoms with van der Waals surface area (Å²) in [5, 5.41) is 3.61. The van der Waals surface area contributed by atoms with E-state index in [-0.39, 0.29) is 18.0 Å². The highest BCUT2D eigenvalue weighted by Crippen LogP contribution is 2.37. The highest BCUT2D eigenvalue weighted by molar-refractivity contribution is 7.17. The molecule has 3 rings (SSSR count). The van der Waals surface area contributed by atoms with Crippen molar-refractivity contribution in [2.75, 3.05) is 5.32 Å². The van der Waals surface area contributed by atoms with E-state index < -0.39 is 6.10 Å². The molecule has 1 aliphatic carbocycles. The normalized spacial score (nSPS) is 15.9. The second-order valence-electron chi connectivity index (χ2n) is 9.74. The van der Waals surface area contributed by atoms with Gasteiger partial charge in [0.15, 0.2) is 6.10 Å². The van der Waals surface area contributed by atoms with Gasteiger partial charge in [0.1, 0.15) is 10.8 Å².